The summed E-state index contributed by atoms with van der Waals surface area (Å²) in [6.07, 6.45) is 8.44. The third-order valence-corrected chi connectivity index (χ3v) is 4.09. The highest BCUT2D eigenvalue weighted by molar-refractivity contribution is 7.71. The second kappa shape index (κ2) is 4.31. The lowest BCUT2D eigenvalue weighted by molar-refractivity contribution is 0.328. The summed E-state index contributed by atoms with van der Waals surface area (Å²) in [5.41, 5.74) is 1.10. The van der Waals surface area contributed by atoms with Gasteiger partial charge in [0.05, 0.1) is 0 Å². The maximum absolute atomic E-state index is 5.41. The molecule has 2 heterocycles. The molecule has 1 aliphatic carbocycles. The molecule has 0 aromatic carbocycles. The van der Waals surface area contributed by atoms with Gasteiger partial charge in [-0.3, -0.25) is 14.6 Å². The van der Waals surface area contributed by atoms with Crippen molar-refractivity contribution in [2.75, 3.05) is 0 Å². The Morgan fingerprint density at radius 2 is 2.17 bits per heavy atom. The molecule has 94 valence electrons. The Morgan fingerprint density at radius 1 is 1.39 bits per heavy atom. The van der Waals surface area contributed by atoms with Gasteiger partial charge < -0.3 is 0 Å². The normalized spacial score (nSPS) is 18.1. The smallest absolute Gasteiger partial charge is 0.195 e. The zero-order chi connectivity index (χ0) is 12.6. The number of aromatic nitrogens is 4. The molecule has 0 amide bonds. The first-order valence-electron chi connectivity index (χ1n) is 6.29. The van der Waals surface area contributed by atoms with Gasteiger partial charge in [-0.15, -0.1) is 0 Å². The van der Waals surface area contributed by atoms with E-state index in [1.165, 1.54) is 12.8 Å². The monoisotopic (exact) mass is 260 g/mol. The number of H-pyrrole nitrogens is 1. The van der Waals surface area contributed by atoms with Crippen molar-refractivity contribution < 1.29 is 0 Å². The molecule has 2 aromatic heterocycles. The van der Waals surface area contributed by atoms with Crippen molar-refractivity contribution in [1.82, 2.24) is 19.7 Å². The van der Waals surface area contributed by atoms with Gasteiger partial charge in [0.2, 0.25) is 0 Å². The van der Waals surface area contributed by atoms with Gasteiger partial charge in [-0.05, 0) is 44.1 Å². The number of aromatic amines is 1. The van der Waals surface area contributed by atoms with Crippen LogP contribution in [0, 0.1) is 4.77 Å². The molecule has 0 spiro atoms. The van der Waals surface area contributed by atoms with Crippen LogP contribution in [-0.2, 0) is 5.54 Å². The van der Waals surface area contributed by atoms with E-state index in [4.69, 9.17) is 12.2 Å². The third kappa shape index (κ3) is 1.79. The van der Waals surface area contributed by atoms with E-state index in [-0.39, 0.29) is 5.54 Å². The van der Waals surface area contributed by atoms with Crippen LogP contribution in [-0.4, -0.2) is 19.7 Å². The molecule has 1 saturated carbocycles. The number of nitrogens with zero attached hydrogens (tertiary/aromatic N) is 3. The van der Waals surface area contributed by atoms with Crippen molar-refractivity contribution in [2.45, 2.75) is 38.1 Å². The van der Waals surface area contributed by atoms with Crippen molar-refractivity contribution in [1.29, 1.82) is 0 Å². The number of nitrogens with one attached hydrogen (secondary N) is 1. The molecule has 0 aliphatic heterocycles. The molecule has 3 rings (SSSR count). The fourth-order valence-electron chi connectivity index (χ4n) is 2.85. The average molecular weight is 260 g/mol. The molecule has 1 fully saturated rings. The van der Waals surface area contributed by atoms with Gasteiger partial charge >= 0.3 is 0 Å². The van der Waals surface area contributed by atoms with Crippen LogP contribution in [0.15, 0.2) is 24.5 Å². The first kappa shape index (κ1) is 11.6. The summed E-state index contributed by atoms with van der Waals surface area (Å²) in [6.45, 7) is 2.27. The quantitative estimate of drug-likeness (QED) is 0.843. The fraction of sp³-hybridized carbons (Fsp3) is 0.462. The SMILES string of the molecule is CC1(n2c(-c3cccnc3)n[nH]c2=S)CCCC1. The van der Waals surface area contributed by atoms with E-state index in [0.29, 0.717) is 4.77 Å². The van der Waals surface area contributed by atoms with Crippen LogP contribution in [0.4, 0.5) is 0 Å². The molecule has 4 nitrogen and oxygen atoms in total. The lowest BCUT2D eigenvalue weighted by atomic mass is 10.00. The Morgan fingerprint density at radius 3 is 2.83 bits per heavy atom. The molecule has 1 aliphatic rings. The summed E-state index contributed by atoms with van der Waals surface area (Å²) >= 11 is 5.41. The maximum atomic E-state index is 5.41. The Hall–Kier alpha value is -1.49. The molecule has 0 unspecified atom stereocenters. The predicted octanol–water partition coefficient (Wildman–Crippen LogP) is 3.29. The third-order valence-electron chi connectivity index (χ3n) is 3.81. The van der Waals surface area contributed by atoms with Crippen LogP contribution in [0.1, 0.15) is 32.6 Å². The van der Waals surface area contributed by atoms with Gasteiger partial charge in [-0.25, -0.2) is 0 Å². The van der Waals surface area contributed by atoms with Gasteiger partial charge in [0.1, 0.15) is 0 Å². The van der Waals surface area contributed by atoms with Crippen LogP contribution in [0.25, 0.3) is 11.4 Å². The molecule has 0 saturated heterocycles. The summed E-state index contributed by atoms with van der Waals surface area (Å²) in [5, 5.41) is 7.31. The van der Waals surface area contributed by atoms with Crippen molar-refractivity contribution in [3.8, 4) is 11.4 Å². The number of rotatable bonds is 2. The van der Waals surface area contributed by atoms with Gasteiger partial charge in [0, 0.05) is 23.5 Å². The van der Waals surface area contributed by atoms with Crippen molar-refractivity contribution >= 4 is 12.2 Å². The van der Waals surface area contributed by atoms with Crippen molar-refractivity contribution in [2.24, 2.45) is 0 Å². The van der Waals surface area contributed by atoms with Crippen LogP contribution in [0.2, 0.25) is 0 Å². The Bertz CT molecular complexity index is 593. The highest BCUT2D eigenvalue weighted by Gasteiger charge is 2.33. The van der Waals surface area contributed by atoms with Crippen molar-refractivity contribution in [3.05, 3.63) is 29.3 Å². The largest absolute Gasteiger partial charge is 0.294 e. The zero-order valence-electron chi connectivity index (χ0n) is 10.4. The highest BCUT2D eigenvalue weighted by atomic mass is 32.1. The van der Waals surface area contributed by atoms with Gasteiger partial charge in [-0.2, -0.15) is 5.10 Å². The second-order valence-electron chi connectivity index (χ2n) is 5.13. The van der Waals surface area contributed by atoms with Crippen LogP contribution < -0.4 is 0 Å². The van der Waals surface area contributed by atoms with Crippen molar-refractivity contribution in [3.63, 3.8) is 0 Å². The fourth-order valence-corrected chi connectivity index (χ4v) is 3.20. The average Bonchev–Trinajstić information content (AvgIpc) is 2.98. The summed E-state index contributed by atoms with van der Waals surface area (Å²) in [5.74, 6) is 0.900. The molecule has 1 N–H and O–H groups in total. The Kier molecular flexibility index (Phi) is 2.78. The topological polar surface area (TPSA) is 46.5 Å². The molecule has 18 heavy (non-hydrogen) atoms. The van der Waals surface area contributed by atoms with E-state index >= 15 is 0 Å². The molecule has 5 heteroatoms. The molecular formula is C13H16N4S. The molecular weight excluding hydrogens is 244 g/mol. The summed E-state index contributed by atoms with van der Waals surface area (Å²) in [4.78, 5) is 4.16. The minimum atomic E-state index is 0.0925. The predicted molar refractivity (Wildman–Crippen MR) is 72.8 cm³/mol. The molecule has 0 atom stereocenters. The van der Waals surface area contributed by atoms with E-state index < -0.39 is 0 Å². The molecule has 0 radical (unpaired) electrons. The zero-order valence-corrected chi connectivity index (χ0v) is 11.2. The molecule has 0 bridgehead atoms. The van der Waals surface area contributed by atoms with E-state index in [0.717, 1.165) is 24.2 Å². The highest BCUT2D eigenvalue weighted by Crippen LogP contribution is 2.38. The number of pyridine rings is 1. The lowest BCUT2D eigenvalue weighted by Crippen LogP contribution is -2.27. The van der Waals surface area contributed by atoms with Crippen LogP contribution in [0.3, 0.4) is 0 Å². The van der Waals surface area contributed by atoms with E-state index in [1.807, 2.05) is 18.3 Å². The van der Waals surface area contributed by atoms with Gasteiger partial charge in [0.25, 0.3) is 0 Å². The Balaban J connectivity index is 2.16. The minimum Gasteiger partial charge on any atom is -0.294 e. The Labute approximate surface area is 111 Å². The van der Waals surface area contributed by atoms with Gasteiger partial charge in [0.15, 0.2) is 10.6 Å². The lowest BCUT2D eigenvalue weighted by Gasteiger charge is -2.27. The molecule has 2 aromatic rings. The second-order valence-corrected chi connectivity index (χ2v) is 5.52. The maximum Gasteiger partial charge on any atom is 0.195 e. The van der Waals surface area contributed by atoms with E-state index in [2.05, 4.69) is 26.7 Å². The van der Waals surface area contributed by atoms with Gasteiger partial charge in [-0.1, -0.05) is 12.8 Å². The van der Waals surface area contributed by atoms with Crippen LogP contribution >= 0.6 is 12.2 Å². The number of hydrogen-bond acceptors (Lipinski definition) is 3. The standard InChI is InChI=1S/C13H16N4S/c1-13(6-2-3-7-13)17-11(15-16-12(17)18)10-5-4-8-14-9-10/h4-5,8-9H,2-3,6-7H2,1H3,(H,16,18). The summed E-state index contributed by atoms with van der Waals surface area (Å²) in [7, 11) is 0. The van der Waals surface area contributed by atoms with Crippen LogP contribution in [0.5, 0.6) is 0 Å². The van der Waals surface area contributed by atoms with E-state index in [9.17, 15) is 0 Å². The summed E-state index contributed by atoms with van der Waals surface area (Å²) < 4.78 is 2.88. The number of hydrogen-bond donors (Lipinski definition) is 1. The van der Waals surface area contributed by atoms with E-state index in [1.54, 1.807) is 6.20 Å². The minimum absolute atomic E-state index is 0.0925. The first-order chi connectivity index (χ1) is 8.71. The first-order valence-corrected chi connectivity index (χ1v) is 6.70. The summed E-state index contributed by atoms with van der Waals surface area (Å²) in [6, 6.07) is 3.95.